The minimum Gasteiger partial charge on any atom is -0.462 e. The molecular formula is C20H25F3N8O3S. The summed E-state index contributed by atoms with van der Waals surface area (Å²) in [6, 6.07) is 6.47. The van der Waals surface area contributed by atoms with Gasteiger partial charge < -0.3 is 9.64 Å². The molecule has 3 aromatic rings. The van der Waals surface area contributed by atoms with Crippen LogP contribution in [0.3, 0.4) is 0 Å². The fraction of sp³-hybridized carbons (Fsp3) is 0.550. The van der Waals surface area contributed by atoms with Crippen molar-refractivity contribution in [3.8, 4) is 5.88 Å². The first kappa shape index (κ1) is 24.9. The predicted octanol–water partition coefficient (Wildman–Crippen LogP) is 2.53. The Labute approximate surface area is 199 Å². The summed E-state index contributed by atoms with van der Waals surface area (Å²) in [4.78, 5) is 10.2. The Kier molecular flexibility index (Phi) is 6.96. The molecule has 35 heavy (non-hydrogen) atoms. The highest BCUT2D eigenvalue weighted by atomic mass is 32.2. The zero-order chi connectivity index (χ0) is 25.2. The fourth-order valence-electron chi connectivity index (χ4n) is 4.04. The Morgan fingerprint density at radius 1 is 1.17 bits per heavy atom. The lowest BCUT2D eigenvalue weighted by atomic mass is 9.91. The number of tetrazole rings is 1. The van der Waals surface area contributed by atoms with Gasteiger partial charge in [-0.1, -0.05) is 24.2 Å². The van der Waals surface area contributed by atoms with Crippen LogP contribution >= 0.6 is 0 Å². The van der Waals surface area contributed by atoms with Crippen LogP contribution in [0, 0.1) is 5.92 Å². The van der Waals surface area contributed by atoms with Crippen molar-refractivity contribution >= 4 is 32.8 Å². The van der Waals surface area contributed by atoms with E-state index in [0.29, 0.717) is 31.0 Å². The number of anilines is 2. The average Bonchev–Trinajstić information content (AvgIpc) is 3.22. The first-order valence-electron chi connectivity index (χ1n) is 11.1. The van der Waals surface area contributed by atoms with Crippen LogP contribution in [0.5, 0.6) is 5.88 Å². The highest BCUT2D eigenvalue weighted by Crippen LogP contribution is 2.37. The number of hydrogen-bond acceptors (Lipinski definition) is 9. The number of aryl methyl sites for hydroxylation is 1. The van der Waals surface area contributed by atoms with E-state index in [2.05, 4.69) is 30.2 Å². The molecule has 0 amide bonds. The maximum Gasteiger partial charge on any atom is 0.425 e. The van der Waals surface area contributed by atoms with E-state index in [-0.39, 0.29) is 29.9 Å². The highest BCUT2D eigenvalue weighted by molar-refractivity contribution is 7.92. The first-order valence-corrected chi connectivity index (χ1v) is 12.7. The van der Waals surface area contributed by atoms with Crippen molar-refractivity contribution in [1.82, 2.24) is 30.2 Å². The quantitative estimate of drug-likeness (QED) is 0.482. The van der Waals surface area contributed by atoms with E-state index in [9.17, 15) is 21.6 Å². The van der Waals surface area contributed by atoms with Gasteiger partial charge in [-0.15, -0.1) is 0 Å². The molecule has 0 aliphatic carbocycles. The van der Waals surface area contributed by atoms with E-state index in [1.54, 1.807) is 38.2 Å². The number of sulfonamides is 1. The third-order valence-corrected chi connectivity index (χ3v) is 7.12. The molecule has 1 aliphatic heterocycles. The second kappa shape index (κ2) is 9.79. The summed E-state index contributed by atoms with van der Waals surface area (Å²) < 4.78 is 76.4. The molecule has 1 N–H and O–H groups in total. The molecule has 1 atom stereocenters. The van der Waals surface area contributed by atoms with Crippen LogP contribution in [0.25, 0.3) is 11.0 Å². The van der Waals surface area contributed by atoms with E-state index in [0.717, 1.165) is 0 Å². The number of piperidine rings is 1. The zero-order valence-corrected chi connectivity index (χ0v) is 19.9. The van der Waals surface area contributed by atoms with Crippen LogP contribution in [-0.2, 0) is 17.1 Å². The minimum atomic E-state index is -4.72. The fourth-order valence-corrected chi connectivity index (χ4v) is 5.11. The van der Waals surface area contributed by atoms with E-state index in [4.69, 9.17) is 4.74 Å². The number of aromatic nitrogens is 6. The van der Waals surface area contributed by atoms with Gasteiger partial charge in [-0.2, -0.15) is 13.2 Å². The highest BCUT2D eigenvalue weighted by Gasteiger charge is 2.48. The van der Waals surface area contributed by atoms with Gasteiger partial charge in [0.15, 0.2) is 6.10 Å². The van der Waals surface area contributed by atoms with Gasteiger partial charge in [-0.05, 0) is 41.8 Å². The molecule has 1 fully saturated rings. The van der Waals surface area contributed by atoms with Gasteiger partial charge in [0.2, 0.25) is 21.8 Å². The number of para-hydroxylation sites is 2. The molecule has 1 saturated heterocycles. The van der Waals surface area contributed by atoms with Gasteiger partial charge in [-0.25, -0.2) is 23.1 Å². The second-order valence-electron chi connectivity index (χ2n) is 8.29. The Bertz CT molecular complexity index is 1280. The van der Waals surface area contributed by atoms with Crippen molar-refractivity contribution < 1.29 is 26.3 Å². The molecule has 2 aromatic heterocycles. The standard InChI is InChI=1S/C20H25F3N8O3S/c1-3-12-35(32,33)27-17-18(25-15-7-5-4-6-14(15)24-17)34-16(20(21,22)23)13-8-10-31(11-9-13)19-26-28-29-30(19)2/h4-7,13,16H,3,8-12H2,1-2H3,(H,24,27). The van der Waals surface area contributed by atoms with Gasteiger partial charge in [0.05, 0.1) is 16.8 Å². The summed E-state index contributed by atoms with van der Waals surface area (Å²) in [6.45, 7) is 2.27. The summed E-state index contributed by atoms with van der Waals surface area (Å²) in [5, 5.41) is 11.2. The number of alkyl halides is 3. The monoisotopic (exact) mass is 514 g/mol. The number of benzene rings is 1. The normalized spacial score (nSPS) is 16.4. The van der Waals surface area contributed by atoms with Gasteiger partial charge in [-0.3, -0.25) is 4.72 Å². The topological polar surface area (TPSA) is 128 Å². The number of halogens is 3. The van der Waals surface area contributed by atoms with Crippen molar-refractivity contribution in [3.05, 3.63) is 24.3 Å². The Morgan fingerprint density at radius 2 is 1.83 bits per heavy atom. The number of fused-ring (bicyclic) bond motifs is 1. The van der Waals surface area contributed by atoms with Gasteiger partial charge in [0.1, 0.15) is 0 Å². The van der Waals surface area contributed by atoms with Crippen LogP contribution in [0.1, 0.15) is 26.2 Å². The lowest BCUT2D eigenvalue weighted by Gasteiger charge is -2.36. The number of nitrogens with zero attached hydrogens (tertiary/aromatic N) is 7. The molecule has 1 aliphatic rings. The first-order chi connectivity index (χ1) is 16.6. The summed E-state index contributed by atoms with van der Waals surface area (Å²) in [5.41, 5.74) is 0.606. The Hall–Kier alpha value is -3.23. The lowest BCUT2D eigenvalue weighted by Crippen LogP contribution is -2.47. The maximum absolute atomic E-state index is 14.2. The summed E-state index contributed by atoms with van der Waals surface area (Å²) in [6.07, 6.45) is -6.28. The molecule has 0 saturated carbocycles. The van der Waals surface area contributed by atoms with Gasteiger partial charge >= 0.3 is 6.18 Å². The van der Waals surface area contributed by atoms with Crippen molar-refractivity contribution in [2.24, 2.45) is 13.0 Å². The van der Waals surface area contributed by atoms with Gasteiger partial charge in [0, 0.05) is 26.1 Å². The number of nitrogens with one attached hydrogen (secondary N) is 1. The molecule has 15 heteroatoms. The number of ether oxygens (including phenoxy) is 1. The molecule has 190 valence electrons. The molecule has 4 rings (SSSR count). The van der Waals surface area contributed by atoms with E-state index >= 15 is 0 Å². The molecule has 3 heterocycles. The van der Waals surface area contributed by atoms with Crippen LogP contribution in [0.15, 0.2) is 24.3 Å². The van der Waals surface area contributed by atoms with Crippen LogP contribution in [0.2, 0.25) is 0 Å². The molecule has 11 nitrogen and oxygen atoms in total. The maximum atomic E-state index is 14.2. The van der Waals surface area contributed by atoms with Crippen LogP contribution < -0.4 is 14.4 Å². The molecule has 0 bridgehead atoms. The number of hydrogen-bond donors (Lipinski definition) is 1. The van der Waals surface area contributed by atoms with Crippen molar-refractivity contribution in [3.63, 3.8) is 0 Å². The molecule has 0 radical (unpaired) electrons. The van der Waals surface area contributed by atoms with E-state index in [1.807, 2.05) is 4.90 Å². The molecular weight excluding hydrogens is 489 g/mol. The zero-order valence-electron chi connectivity index (χ0n) is 19.1. The predicted molar refractivity (Wildman–Crippen MR) is 121 cm³/mol. The molecule has 0 spiro atoms. The smallest absolute Gasteiger partial charge is 0.425 e. The SMILES string of the molecule is CCCS(=O)(=O)Nc1nc2ccccc2nc1OC(C1CCN(c2nnnn2C)CC1)C(F)(F)F. The minimum absolute atomic E-state index is 0.162. The van der Waals surface area contributed by atoms with E-state index in [1.165, 1.54) is 4.68 Å². The third-order valence-electron chi connectivity index (χ3n) is 5.67. The molecule has 1 aromatic carbocycles. The van der Waals surface area contributed by atoms with E-state index < -0.39 is 34.1 Å². The van der Waals surface area contributed by atoms with Crippen LogP contribution in [0.4, 0.5) is 24.9 Å². The van der Waals surface area contributed by atoms with Crippen molar-refractivity contribution in [2.75, 3.05) is 28.5 Å². The van der Waals surface area contributed by atoms with Gasteiger partial charge in [0.25, 0.3) is 5.88 Å². The average molecular weight is 515 g/mol. The summed E-state index contributed by atoms with van der Waals surface area (Å²) >= 11 is 0. The summed E-state index contributed by atoms with van der Waals surface area (Å²) in [7, 11) is -2.19. The lowest BCUT2D eigenvalue weighted by molar-refractivity contribution is -0.212. The Balaban J connectivity index is 1.62. The number of rotatable bonds is 8. The third kappa shape index (κ3) is 5.71. The van der Waals surface area contributed by atoms with Crippen molar-refractivity contribution in [2.45, 2.75) is 38.5 Å². The Morgan fingerprint density at radius 3 is 2.40 bits per heavy atom. The van der Waals surface area contributed by atoms with Crippen molar-refractivity contribution in [1.29, 1.82) is 0 Å². The largest absolute Gasteiger partial charge is 0.462 e. The second-order valence-corrected chi connectivity index (χ2v) is 10.1. The van der Waals surface area contributed by atoms with Crippen LogP contribution in [-0.4, -0.2) is 69.7 Å². The summed E-state index contributed by atoms with van der Waals surface area (Å²) in [5.74, 6) is -1.51. The molecule has 1 unspecified atom stereocenters.